The first-order valence-corrected chi connectivity index (χ1v) is 13.9. The van der Waals surface area contributed by atoms with Crippen LogP contribution in [0.1, 0.15) is 44.9 Å². The van der Waals surface area contributed by atoms with Crippen molar-refractivity contribution in [1.29, 1.82) is 0 Å². The summed E-state index contributed by atoms with van der Waals surface area (Å²) in [7, 11) is 3.91. The molecule has 11 heteroatoms. The number of rotatable bonds is 10. The monoisotopic (exact) mass is 543 g/mol. The van der Waals surface area contributed by atoms with Gasteiger partial charge in [0.05, 0.1) is 36.9 Å². The smallest absolute Gasteiger partial charge is 0.296 e. The van der Waals surface area contributed by atoms with Gasteiger partial charge in [-0.15, -0.1) is 0 Å². The minimum Gasteiger partial charge on any atom is -0.383 e. The molecule has 9 nitrogen and oxygen atoms in total. The summed E-state index contributed by atoms with van der Waals surface area (Å²) in [6.45, 7) is 6.34. The van der Waals surface area contributed by atoms with Crippen LogP contribution in [-0.2, 0) is 9.47 Å². The first-order chi connectivity index (χ1) is 18.9. The molecule has 1 atom stereocenters. The summed E-state index contributed by atoms with van der Waals surface area (Å²) in [5, 5.41) is 3.45. The van der Waals surface area contributed by atoms with Crippen LogP contribution in [0.2, 0.25) is 0 Å². The van der Waals surface area contributed by atoms with Crippen LogP contribution in [0.15, 0.2) is 30.3 Å². The Balaban J connectivity index is 1.39. The van der Waals surface area contributed by atoms with Gasteiger partial charge in [0.2, 0.25) is 5.95 Å². The number of nitrogens with one attached hydrogen (secondary N) is 1. The summed E-state index contributed by atoms with van der Waals surface area (Å²) >= 11 is 0. The van der Waals surface area contributed by atoms with Crippen LogP contribution in [-0.4, -0.2) is 90.1 Å². The Morgan fingerprint density at radius 1 is 1.13 bits per heavy atom. The number of alkyl halides is 2. The Labute approximate surface area is 228 Å². The maximum atomic E-state index is 14.1. The molecule has 0 spiro atoms. The first kappa shape index (κ1) is 27.7. The van der Waals surface area contributed by atoms with Crippen LogP contribution in [0.5, 0.6) is 0 Å². The summed E-state index contributed by atoms with van der Waals surface area (Å²) in [6.07, 6.45) is 1.77. The van der Waals surface area contributed by atoms with Gasteiger partial charge < -0.3 is 24.6 Å². The van der Waals surface area contributed by atoms with Gasteiger partial charge in [-0.05, 0) is 57.7 Å². The highest BCUT2D eigenvalue weighted by molar-refractivity contribution is 5.78. The molecule has 1 N–H and O–H groups in total. The third-order valence-electron chi connectivity index (χ3n) is 8.01. The number of nitrogens with zero attached hydrogens (tertiary/aromatic N) is 6. The number of benzene rings is 1. The molecule has 39 heavy (non-hydrogen) atoms. The molecule has 0 amide bonds. The van der Waals surface area contributed by atoms with Gasteiger partial charge in [-0.2, -0.15) is 9.97 Å². The normalized spacial score (nSPS) is 22.2. The van der Waals surface area contributed by atoms with Gasteiger partial charge in [0.15, 0.2) is 5.82 Å². The summed E-state index contributed by atoms with van der Waals surface area (Å²) in [5.41, 5.74) is 1.10. The number of hydrogen-bond donors (Lipinski definition) is 1. The third-order valence-corrected chi connectivity index (χ3v) is 8.01. The van der Waals surface area contributed by atoms with Gasteiger partial charge in [0.25, 0.3) is 6.43 Å². The summed E-state index contributed by atoms with van der Waals surface area (Å²) < 4.78 is 40.6. The minimum absolute atomic E-state index is 0.105. The highest BCUT2D eigenvalue weighted by Crippen LogP contribution is 2.31. The van der Waals surface area contributed by atoms with Crippen LogP contribution in [0.3, 0.4) is 0 Å². The average Bonchev–Trinajstić information content (AvgIpc) is 3.35. The van der Waals surface area contributed by atoms with E-state index in [1.165, 1.54) is 4.57 Å². The lowest BCUT2D eigenvalue weighted by Crippen LogP contribution is -2.44. The van der Waals surface area contributed by atoms with Crippen molar-refractivity contribution in [2.75, 3.05) is 63.8 Å². The molecule has 3 aromatic rings. The molecule has 0 bridgehead atoms. The molecular weight excluding hydrogens is 504 g/mol. The number of methoxy groups -OCH3 is 1. The zero-order valence-corrected chi connectivity index (χ0v) is 23.0. The van der Waals surface area contributed by atoms with Gasteiger partial charge >= 0.3 is 0 Å². The second kappa shape index (κ2) is 12.5. The second-order valence-corrected chi connectivity index (χ2v) is 10.6. The Bertz CT molecular complexity index is 1230. The molecule has 1 saturated heterocycles. The van der Waals surface area contributed by atoms with Crippen LogP contribution >= 0.6 is 0 Å². The van der Waals surface area contributed by atoms with Gasteiger partial charge in [-0.25, -0.2) is 13.8 Å². The van der Waals surface area contributed by atoms with E-state index in [2.05, 4.69) is 34.1 Å². The number of hydrogen-bond acceptors (Lipinski definition) is 8. The summed E-state index contributed by atoms with van der Waals surface area (Å²) in [5.74, 6) is 1.70. The van der Waals surface area contributed by atoms with Crippen molar-refractivity contribution in [1.82, 2.24) is 24.4 Å². The van der Waals surface area contributed by atoms with E-state index in [0.717, 1.165) is 45.4 Å². The molecule has 1 aliphatic heterocycles. The van der Waals surface area contributed by atoms with Gasteiger partial charge in [0.1, 0.15) is 11.6 Å². The number of imidazole rings is 1. The molecule has 1 saturated carbocycles. The molecule has 2 aliphatic rings. The zero-order valence-electron chi connectivity index (χ0n) is 23.0. The lowest BCUT2D eigenvalue weighted by atomic mass is 9.85. The lowest BCUT2D eigenvalue weighted by molar-refractivity contribution is 0.0985. The Morgan fingerprint density at radius 3 is 2.64 bits per heavy atom. The highest BCUT2D eigenvalue weighted by atomic mass is 19.3. The number of para-hydroxylation sites is 2. The maximum Gasteiger partial charge on any atom is 0.296 e. The third kappa shape index (κ3) is 6.31. The van der Waals surface area contributed by atoms with E-state index in [-0.39, 0.29) is 11.9 Å². The van der Waals surface area contributed by atoms with Crippen molar-refractivity contribution < 1.29 is 18.3 Å². The SMILES string of the molecule is COCCN(C)[C@H]1CC[C@H](CNc2nc(N3CCOC[C@@H]3C)cc(-n3c(C(F)F)nc4ccccc43)n2)CC1. The van der Waals surface area contributed by atoms with E-state index < -0.39 is 6.43 Å². The number of likely N-dealkylation sites (N-methyl/N-ethyl adjacent to an activating group) is 1. The van der Waals surface area contributed by atoms with E-state index in [4.69, 9.17) is 19.4 Å². The molecule has 5 rings (SSSR count). The van der Waals surface area contributed by atoms with E-state index in [1.807, 2.05) is 6.07 Å². The molecule has 0 unspecified atom stereocenters. The topological polar surface area (TPSA) is 80.6 Å². The van der Waals surface area contributed by atoms with Crippen molar-refractivity contribution in [2.45, 2.75) is 51.1 Å². The number of ether oxygens (including phenoxy) is 2. The fourth-order valence-corrected chi connectivity index (χ4v) is 5.71. The number of fused-ring (bicyclic) bond motifs is 1. The van der Waals surface area contributed by atoms with Gasteiger partial charge in [-0.3, -0.25) is 4.57 Å². The summed E-state index contributed by atoms with van der Waals surface area (Å²) in [6, 6.07) is 9.63. The number of morpholine rings is 1. The second-order valence-electron chi connectivity index (χ2n) is 10.6. The van der Waals surface area contributed by atoms with E-state index >= 15 is 0 Å². The fourth-order valence-electron chi connectivity index (χ4n) is 5.71. The molecule has 2 aromatic heterocycles. The van der Waals surface area contributed by atoms with Crippen LogP contribution in [0, 0.1) is 5.92 Å². The zero-order chi connectivity index (χ0) is 27.4. The van der Waals surface area contributed by atoms with Crippen molar-refractivity contribution >= 4 is 22.8 Å². The van der Waals surface area contributed by atoms with Gasteiger partial charge in [-0.1, -0.05) is 12.1 Å². The molecule has 212 valence electrons. The van der Waals surface area contributed by atoms with Crippen molar-refractivity contribution in [3.63, 3.8) is 0 Å². The molecular formula is C28H39F2N7O2. The number of aromatic nitrogens is 4. The Hall–Kier alpha value is -2.89. The molecule has 1 aliphatic carbocycles. The fraction of sp³-hybridized carbons (Fsp3) is 0.607. The minimum atomic E-state index is -2.74. The van der Waals surface area contributed by atoms with E-state index in [1.54, 1.807) is 31.4 Å². The highest BCUT2D eigenvalue weighted by Gasteiger charge is 2.27. The van der Waals surface area contributed by atoms with Crippen molar-refractivity contribution in [2.24, 2.45) is 5.92 Å². The first-order valence-electron chi connectivity index (χ1n) is 13.9. The Morgan fingerprint density at radius 2 is 1.90 bits per heavy atom. The van der Waals surface area contributed by atoms with Crippen LogP contribution in [0.4, 0.5) is 20.5 Å². The van der Waals surface area contributed by atoms with Gasteiger partial charge in [0, 0.05) is 38.9 Å². The van der Waals surface area contributed by atoms with E-state index in [0.29, 0.717) is 60.3 Å². The number of anilines is 2. The van der Waals surface area contributed by atoms with Crippen molar-refractivity contribution in [3.8, 4) is 5.82 Å². The van der Waals surface area contributed by atoms with Crippen molar-refractivity contribution in [3.05, 3.63) is 36.2 Å². The molecule has 3 heterocycles. The lowest BCUT2D eigenvalue weighted by Gasteiger charge is -2.35. The average molecular weight is 544 g/mol. The summed E-state index contributed by atoms with van der Waals surface area (Å²) in [4.78, 5) is 18.3. The predicted molar refractivity (Wildman–Crippen MR) is 148 cm³/mol. The molecule has 2 fully saturated rings. The molecule has 0 radical (unpaired) electrons. The quantitative estimate of drug-likeness (QED) is 0.400. The molecule has 1 aromatic carbocycles. The van der Waals surface area contributed by atoms with Crippen LogP contribution < -0.4 is 10.2 Å². The Kier molecular flexibility index (Phi) is 8.89. The van der Waals surface area contributed by atoms with E-state index in [9.17, 15) is 8.78 Å². The predicted octanol–water partition coefficient (Wildman–Crippen LogP) is 4.53. The van der Waals surface area contributed by atoms with Crippen LogP contribution in [0.25, 0.3) is 16.9 Å². The standard InChI is InChI=1S/C28H39F2N7O2/c1-19-18-39-15-13-36(19)24-16-25(37-23-7-5-4-6-22(23)32-27(37)26(29)30)34-28(33-24)31-17-20-8-10-21(11-9-20)35(2)12-14-38-3/h4-7,16,19-21,26H,8-15,17-18H2,1-3H3,(H,31,33,34)/t19-,20-,21-/m0/s1. The number of halogens is 2. The largest absolute Gasteiger partial charge is 0.383 e. The maximum absolute atomic E-state index is 14.1.